The summed E-state index contributed by atoms with van der Waals surface area (Å²) in [6, 6.07) is 13.8. The first kappa shape index (κ1) is 19.6. The van der Waals surface area contributed by atoms with Crippen LogP contribution in [-0.4, -0.2) is 19.3 Å². The lowest BCUT2D eigenvalue weighted by Gasteiger charge is -2.09. The van der Waals surface area contributed by atoms with E-state index in [9.17, 15) is 4.79 Å². The van der Waals surface area contributed by atoms with E-state index in [0.717, 1.165) is 39.1 Å². The van der Waals surface area contributed by atoms with E-state index in [4.69, 9.17) is 4.74 Å². The standard InChI is InChI=1S/C24H24N4O2/c1-16-11-17(2)23(25-13-16)19-7-5-18(6-8-19)15-30-24-21(14-28(4)26-24)20-9-10-27(3)22(29)12-20/h5-14H,15H2,1-4H3. The van der Waals surface area contributed by atoms with Crippen molar-refractivity contribution >= 4 is 0 Å². The van der Waals surface area contributed by atoms with Gasteiger partial charge in [0.2, 0.25) is 5.88 Å². The molecule has 3 heterocycles. The fourth-order valence-electron chi connectivity index (χ4n) is 3.42. The molecule has 0 amide bonds. The van der Waals surface area contributed by atoms with Crippen LogP contribution >= 0.6 is 0 Å². The third-order valence-corrected chi connectivity index (χ3v) is 5.03. The number of hydrogen-bond acceptors (Lipinski definition) is 4. The molecular weight excluding hydrogens is 376 g/mol. The SMILES string of the molecule is Cc1cnc(-c2ccc(COc3nn(C)cc3-c3ccn(C)c(=O)c3)cc2)c(C)c1. The van der Waals surface area contributed by atoms with Gasteiger partial charge in [-0.15, -0.1) is 5.10 Å². The zero-order valence-corrected chi connectivity index (χ0v) is 17.6. The average molecular weight is 400 g/mol. The Hall–Kier alpha value is -3.67. The van der Waals surface area contributed by atoms with Gasteiger partial charge in [0.05, 0.1) is 11.3 Å². The highest BCUT2D eigenvalue weighted by Crippen LogP contribution is 2.28. The molecule has 0 saturated carbocycles. The fourth-order valence-corrected chi connectivity index (χ4v) is 3.42. The molecule has 0 aliphatic heterocycles. The molecule has 4 rings (SSSR count). The van der Waals surface area contributed by atoms with Gasteiger partial charge in [0.1, 0.15) is 6.61 Å². The number of hydrogen-bond donors (Lipinski definition) is 0. The summed E-state index contributed by atoms with van der Waals surface area (Å²) in [5.74, 6) is 0.505. The number of ether oxygens (including phenoxy) is 1. The monoisotopic (exact) mass is 400 g/mol. The molecule has 0 aliphatic rings. The van der Waals surface area contributed by atoms with Gasteiger partial charge in [-0.3, -0.25) is 14.5 Å². The number of aryl methyl sites for hydroxylation is 4. The highest BCUT2D eigenvalue weighted by molar-refractivity contribution is 5.67. The summed E-state index contributed by atoms with van der Waals surface area (Å²) in [6.07, 6.45) is 5.49. The van der Waals surface area contributed by atoms with Crippen molar-refractivity contribution in [1.29, 1.82) is 0 Å². The molecule has 0 aliphatic carbocycles. The molecule has 0 saturated heterocycles. The molecule has 152 valence electrons. The Balaban J connectivity index is 1.53. The molecule has 0 fully saturated rings. The van der Waals surface area contributed by atoms with Crippen molar-refractivity contribution in [3.63, 3.8) is 0 Å². The van der Waals surface area contributed by atoms with Gasteiger partial charge in [-0.25, -0.2) is 0 Å². The van der Waals surface area contributed by atoms with Crippen LogP contribution in [0.3, 0.4) is 0 Å². The number of rotatable bonds is 5. The van der Waals surface area contributed by atoms with Gasteiger partial charge in [-0.05, 0) is 42.2 Å². The van der Waals surface area contributed by atoms with Gasteiger partial charge in [-0.2, -0.15) is 0 Å². The number of pyridine rings is 2. The fraction of sp³-hybridized carbons (Fsp3) is 0.208. The topological polar surface area (TPSA) is 61.9 Å². The third-order valence-electron chi connectivity index (χ3n) is 5.03. The Morgan fingerprint density at radius 1 is 1.00 bits per heavy atom. The van der Waals surface area contributed by atoms with E-state index in [2.05, 4.69) is 35.2 Å². The molecule has 0 bridgehead atoms. The van der Waals surface area contributed by atoms with E-state index in [0.29, 0.717) is 12.5 Å². The smallest absolute Gasteiger partial charge is 0.250 e. The highest BCUT2D eigenvalue weighted by Gasteiger charge is 2.13. The van der Waals surface area contributed by atoms with E-state index in [1.54, 1.807) is 24.0 Å². The maximum absolute atomic E-state index is 12.0. The summed E-state index contributed by atoms with van der Waals surface area (Å²) < 4.78 is 9.22. The quantitative estimate of drug-likeness (QED) is 0.507. The van der Waals surface area contributed by atoms with E-state index in [-0.39, 0.29) is 5.56 Å². The molecule has 6 nitrogen and oxygen atoms in total. The zero-order chi connectivity index (χ0) is 21.3. The summed E-state index contributed by atoms with van der Waals surface area (Å²) in [7, 11) is 3.56. The van der Waals surface area contributed by atoms with Crippen LogP contribution in [0.2, 0.25) is 0 Å². The molecule has 6 heteroatoms. The van der Waals surface area contributed by atoms with Crippen LogP contribution < -0.4 is 10.3 Å². The zero-order valence-electron chi connectivity index (χ0n) is 17.6. The second-order valence-corrected chi connectivity index (χ2v) is 7.55. The molecule has 0 N–H and O–H groups in total. The summed E-state index contributed by atoms with van der Waals surface area (Å²) in [5.41, 5.74) is 6.93. The lowest BCUT2D eigenvalue weighted by atomic mass is 10.0. The Morgan fingerprint density at radius 3 is 2.47 bits per heavy atom. The molecule has 30 heavy (non-hydrogen) atoms. The molecule has 0 unspecified atom stereocenters. The minimum absolute atomic E-state index is 0.0714. The van der Waals surface area contributed by atoms with Gasteiger partial charge in [0.15, 0.2) is 0 Å². The first-order valence-corrected chi connectivity index (χ1v) is 9.77. The van der Waals surface area contributed by atoms with Crippen LogP contribution in [0, 0.1) is 13.8 Å². The third kappa shape index (κ3) is 4.03. The average Bonchev–Trinajstić information content (AvgIpc) is 3.10. The number of benzene rings is 1. The van der Waals surface area contributed by atoms with Crippen molar-refractivity contribution in [2.24, 2.45) is 14.1 Å². The lowest BCUT2D eigenvalue weighted by Crippen LogP contribution is -2.14. The number of aromatic nitrogens is 4. The second-order valence-electron chi connectivity index (χ2n) is 7.55. The minimum atomic E-state index is -0.0714. The molecule has 0 radical (unpaired) electrons. The minimum Gasteiger partial charge on any atom is -0.471 e. The Labute approximate surface area is 175 Å². The molecule has 0 atom stereocenters. The number of nitrogens with zero attached hydrogens (tertiary/aromatic N) is 4. The maximum Gasteiger partial charge on any atom is 0.250 e. The van der Waals surface area contributed by atoms with Gasteiger partial charge in [0.25, 0.3) is 5.56 Å². The largest absolute Gasteiger partial charge is 0.471 e. The van der Waals surface area contributed by atoms with Crippen LogP contribution in [0.4, 0.5) is 0 Å². The van der Waals surface area contributed by atoms with Crippen molar-refractivity contribution in [2.45, 2.75) is 20.5 Å². The van der Waals surface area contributed by atoms with Gasteiger partial charge < -0.3 is 9.30 Å². The van der Waals surface area contributed by atoms with Crippen molar-refractivity contribution in [3.05, 3.63) is 88.1 Å². The second kappa shape index (κ2) is 7.99. The molecule has 4 aromatic rings. The summed E-state index contributed by atoms with van der Waals surface area (Å²) >= 11 is 0. The van der Waals surface area contributed by atoms with Gasteiger partial charge in [0, 0.05) is 44.3 Å². The van der Waals surface area contributed by atoms with Crippen molar-refractivity contribution in [1.82, 2.24) is 19.3 Å². The molecular formula is C24H24N4O2. The van der Waals surface area contributed by atoms with Crippen LogP contribution in [0.5, 0.6) is 5.88 Å². The highest BCUT2D eigenvalue weighted by atomic mass is 16.5. The molecule has 0 spiro atoms. The predicted octanol–water partition coefficient (Wildman–Crippen LogP) is 4.04. The van der Waals surface area contributed by atoms with E-state index in [1.807, 2.05) is 44.6 Å². The van der Waals surface area contributed by atoms with Crippen molar-refractivity contribution in [3.8, 4) is 28.3 Å². The first-order valence-electron chi connectivity index (χ1n) is 9.77. The van der Waals surface area contributed by atoms with Crippen LogP contribution in [-0.2, 0) is 20.7 Å². The Morgan fingerprint density at radius 2 is 1.77 bits per heavy atom. The van der Waals surface area contributed by atoms with Crippen LogP contribution in [0.15, 0.2) is 65.8 Å². The van der Waals surface area contributed by atoms with E-state index < -0.39 is 0 Å². The lowest BCUT2D eigenvalue weighted by molar-refractivity contribution is 0.292. The van der Waals surface area contributed by atoms with Crippen molar-refractivity contribution < 1.29 is 4.74 Å². The molecule has 3 aromatic heterocycles. The van der Waals surface area contributed by atoms with Gasteiger partial charge >= 0.3 is 0 Å². The van der Waals surface area contributed by atoms with Crippen LogP contribution in [0.25, 0.3) is 22.4 Å². The van der Waals surface area contributed by atoms with Crippen molar-refractivity contribution in [2.75, 3.05) is 0 Å². The molecule has 1 aromatic carbocycles. The van der Waals surface area contributed by atoms with E-state index in [1.165, 1.54) is 4.57 Å². The van der Waals surface area contributed by atoms with E-state index >= 15 is 0 Å². The summed E-state index contributed by atoms with van der Waals surface area (Å²) in [5, 5.41) is 4.41. The van der Waals surface area contributed by atoms with Crippen LogP contribution in [0.1, 0.15) is 16.7 Å². The summed E-state index contributed by atoms with van der Waals surface area (Å²) in [6.45, 7) is 4.50. The normalized spacial score (nSPS) is 10.9. The predicted molar refractivity (Wildman–Crippen MR) is 117 cm³/mol. The Bertz CT molecular complexity index is 1250. The Kier molecular flexibility index (Phi) is 5.23. The maximum atomic E-state index is 12.0. The summed E-state index contributed by atoms with van der Waals surface area (Å²) in [4.78, 5) is 16.6. The van der Waals surface area contributed by atoms with Gasteiger partial charge in [-0.1, -0.05) is 30.3 Å². The first-order chi connectivity index (χ1) is 14.4.